The van der Waals surface area contributed by atoms with Gasteiger partial charge in [0, 0.05) is 4.90 Å². The maximum Gasteiger partial charge on any atom is 0.265 e. The number of carbonyl (C=O) groups is 1. The third-order valence-corrected chi connectivity index (χ3v) is 4.16. The molecule has 2 aromatic rings. The number of ether oxygens (including phenoxy) is 1. The molecule has 1 amide bonds. The predicted octanol–water partition coefficient (Wildman–Crippen LogP) is 4.73. The second kappa shape index (κ2) is 8.58. The maximum atomic E-state index is 12.9. The molecular weight excluding hydrogens is 313 g/mol. The van der Waals surface area contributed by atoms with E-state index in [0.717, 1.165) is 16.3 Å². The molecule has 0 aromatic heterocycles. The van der Waals surface area contributed by atoms with Gasteiger partial charge in [-0.15, -0.1) is 11.8 Å². The number of hydrogen-bond acceptors (Lipinski definition) is 3. The van der Waals surface area contributed by atoms with Crippen LogP contribution in [-0.2, 0) is 4.79 Å². The maximum absolute atomic E-state index is 12.9. The molecule has 5 heteroatoms. The average molecular weight is 333 g/mol. The zero-order valence-electron chi connectivity index (χ0n) is 13.2. The molecule has 0 radical (unpaired) electrons. The van der Waals surface area contributed by atoms with Crippen LogP contribution in [-0.4, -0.2) is 17.8 Å². The summed E-state index contributed by atoms with van der Waals surface area (Å²) in [5, 5.41) is 2.92. The number of nitrogens with one attached hydrogen (secondary N) is 1. The fourth-order valence-electron chi connectivity index (χ4n) is 2.06. The van der Waals surface area contributed by atoms with Gasteiger partial charge in [-0.2, -0.15) is 0 Å². The minimum absolute atomic E-state index is 0.207. The van der Waals surface area contributed by atoms with Crippen molar-refractivity contribution in [2.75, 3.05) is 11.1 Å². The summed E-state index contributed by atoms with van der Waals surface area (Å²) in [6, 6.07) is 13.3. The molecule has 0 bridgehead atoms. The van der Waals surface area contributed by atoms with E-state index in [4.69, 9.17) is 4.74 Å². The van der Waals surface area contributed by atoms with Crippen molar-refractivity contribution < 1.29 is 13.9 Å². The first-order valence-corrected chi connectivity index (χ1v) is 8.57. The van der Waals surface area contributed by atoms with Crippen molar-refractivity contribution in [3.63, 3.8) is 0 Å². The molecule has 3 nitrogen and oxygen atoms in total. The van der Waals surface area contributed by atoms with Crippen LogP contribution in [0.1, 0.15) is 20.3 Å². The van der Waals surface area contributed by atoms with Gasteiger partial charge >= 0.3 is 0 Å². The van der Waals surface area contributed by atoms with Crippen LogP contribution < -0.4 is 10.1 Å². The highest BCUT2D eigenvalue weighted by Gasteiger charge is 2.19. The van der Waals surface area contributed by atoms with E-state index in [-0.39, 0.29) is 11.7 Å². The zero-order chi connectivity index (χ0) is 16.7. The van der Waals surface area contributed by atoms with Gasteiger partial charge in [-0.25, -0.2) is 4.39 Å². The van der Waals surface area contributed by atoms with Crippen molar-refractivity contribution in [3.05, 3.63) is 54.3 Å². The summed E-state index contributed by atoms with van der Waals surface area (Å²) in [6.45, 7) is 3.94. The van der Waals surface area contributed by atoms with E-state index >= 15 is 0 Å². The van der Waals surface area contributed by atoms with Gasteiger partial charge in [-0.3, -0.25) is 4.79 Å². The summed E-state index contributed by atoms with van der Waals surface area (Å²) in [5.41, 5.74) is 0.783. The van der Waals surface area contributed by atoms with Crippen LogP contribution in [0.4, 0.5) is 10.1 Å². The summed E-state index contributed by atoms with van der Waals surface area (Å²) in [7, 11) is 0. The first-order chi connectivity index (χ1) is 11.1. The molecule has 0 saturated carbocycles. The highest BCUT2D eigenvalue weighted by atomic mass is 32.2. The van der Waals surface area contributed by atoms with Gasteiger partial charge in [0.1, 0.15) is 11.6 Å². The summed E-state index contributed by atoms with van der Waals surface area (Å²) in [5.74, 6) is 0.863. The number of para-hydroxylation sites is 1. The third kappa shape index (κ3) is 4.99. The van der Waals surface area contributed by atoms with E-state index in [2.05, 4.69) is 12.2 Å². The highest BCUT2D eigenvalue weighted by Crippen LogP contribution is 2.27. The number of carbonyl (C=O) groups excluding carboxylic acids is 1. The lowest BCUT2D eigenvalue weighted by Crippen LogP contribution is -2.32. The van der Waals surface area contributed by atoms with Gasteiger partial charge in [-0.1, -0.05) is 26.0 Å². The van der Waals surface area contributed by atoms with Crippen LogP contribution >= 0.6 is 11.8 Å². The lowest BCUT2D eigenvalue weighted by Gasteiger charge is -2.18. The molecule has 0 aliphatic heterocycles. The van der Waals surface area contributed by atoms with Crippen molar-refractivity contribution in [2.24, 2.45) is 0 Å². The van der Waals surface area contributed by atoms with Crippen molar-refractivity contribution in [2.45, 2.75) is 31.3 Å². The molecular formula is C18H20FNO2S. The number of benzene rings is 2. The van der Waals surface area contributed by atoms with Crippen molar-refractivity contribution in [1.29, 1.82) is 0 Å². The Hall–Kier alpha value is -2.01. The Labute approximate surface area is 140 Å². The molecule has 0 aliphatic rings. The molecule has 1 N–H and O–H groups in total. The Morgan fingerprint density at radius 3 is 2.52 bits per heavy atom. The predicted molar refractivity (Wildman–Crippen MR) is 92.6 cm³/mol. The van der Waals surface area contributed by atoms with Crippen LogP contribution in [0.5, 0.6) is 5.75 Å². The molecule has 122 valence electrons. The lowest BCUT2D eigenvalue weighted by molar-refractivity contribution is -0.122. The van der Waals surface area contributed by atoms with E-state index < -0.39 is 6.10 Å². The lowest BCUT2D eigenvalue weighted by atomic mass is 10.2. The average Bonchev–Trinajstić information content (AvgIpc) is 2.56. The summed E-state index contributed by atoms with van der Waals surface area (Å²) in [6.07, 6.45) is -0.105. The second-order valence-corrected chi connectivity index (χ2v) is 6.19. The number of hydrogen-bond donors (Lipinski definition) is 1. The topological polar surface area (TPSA) is 38.3 Å². The quantitative estimate of drug-likeness (QED) is 0.744. The SMILES string of the molecule is CCSc1ccccc1NC(=O)[C@H](CC)Oc1ccc(F)cc1. The van der Waals surface area contributed by atoms with Gasteiger partial charge in [0.2, 0.25) is 0 Å². The number of halogens is 1. The van der Waals surface area contributed by atoms with Crippen LogP contribution in [0.25, 0.3) is 0 Å². The number of amides is 1. The zero-order valence-corrected chi connectivity index (χ0v) is 14.0. The molecule has 1 atom stereocenters. The van der Waals surface area contributed by atoms with E-state index in [1.807, 2.05) is 31.2 Å². The van der Waals surface area contributed by atoms with Crippen LogP contribution in [0, 0.1) is 5.82 Å². The number of rotatable bonds is 7. The summed E-state index contributed by atoms with van der Waals surface area (Å²) in [4.78, 5) is 13.5. The largest absolute Gasteiger partial charge is 0.481 e. The molecule has 2 rings (SSSR count). The normalized spacial score (nSPS) is 11.8. The standard InChI is InChI=1S/C18H20FNO2S/c1-3-16(22-14-11-9-13(19)10-12-14)18(21)20-15-7-5-6-8-17(15)23-4-2/h5-12,16H,3-4H2,1-2H3,(H,20,21)/t16-/m0/s1. The Bertz CT molecular complexity index is 646. The van der Waals surface area contributed by atoms with Crippen LogP contribution in [0.3, 0.4) is 0 Å². The molecule has 0 saturated heterocycles. The minimum atomic E-state index is -0.625. The smallest absolute Gasteiger partial charge is 0.265 e. The fourth-order valence-corrected chi connectivity index (χ4v) is 2.82. The van der Waals surface area contributed by atoms with Gasteiger partial charge in [0.15, 0.2) is 6.10 Å². The van der Waals surface area contributed by atoms with E-state index in [9.17, 15) is 9.18 Å². The van der Waals surface area contributed by atoms with Crippen molar-refractivity contribution >= 4 is 23.4 Å². The number of anilines is 1. The first-order valence-electron chi connectivity index (χ1n) is 7.59. The summed E-state index contributed by atoms with van der Waals surface area (Å²) < 4.78 is 18.6. The van der Waals surface area contributed by atoms with Gasteiger partial charge in [0.05, 0.1) is 5.69 Å². The van der Waals surface area contributed by atoms with Crippen LogP contribution in [0.15, 0.2) is 53.4 Å². The monoisotopic (exact) mass is 333 g/mol. The third-order valence-electron chi connectivity index (χ3n) is 3.20. The van der Waals surface area contributed by atoms with E-state index in [1.54, 1.807) is 11.8 Å². The fraction of sp³-hybridized carbons (Fsp3) is 0.278. The first kappa shape index (κ1) is 17.3. The van der Waals surface area contributed by atoms with Gasteiger partial charge in [-0.05, 0) is 48.6 Å². The van der Waals surface area contributed by atoms with E-state index in [0.29, 0.717) is 12.2 Å². The molecule has 23 heavy (non-hydrogen) atoms. The van der Waals surface area contributed by atoms with Crippen LogP contribution in [0.2, 0.25) is 0 Å². The molecule has 2 aromatic carbocycles. The molecule has 0 fully saturated rings. The van der Waals surface area contributed by atoms with Crippen molar-refractivity contribution in [1.82, 2.24) is 0 Å². The minimum Gasteiger partial charge on any atom is -0.481 e. The summed E-state index contributed by atoms with van der Waals surface area (Å²) >= 11 is 1.67. The van der Waals surface area contributed by atoms with Crippen molar-refractivity contribution in [3.8, 4) is 5.75 Å². The Balaban J connectivity index is 2.06. The Kier molecular flexibility index (Phi) is 6.47. The number of thioether (sulfide) groups is 1. The van der Waals surface area contributed by atoms with Gasteiger partial charge < -0.3 is 10.1 Å². The second-order valence-electron chi connectivity index (χ2n) is 4.89. The Morgan fingerprint density at radius 1 is 1.17 bits per heavy atom. The molecule has 0 unspecified atom stereocenters. The Morgan fingerprint density at radius 2 is 1.87 bits per heavy atom. The molecule has 0 spiro atoms. The molecule has 0 aliphatic carbocycles. The highest BCUT2D eigenvalue weighted by molar-refractivity contribution is 7.99. The van der Waals surface area contributed by atoms with Gasteiger partial charge in [0.25, 0.3) is 5.91 Å². The molecule has 0 heterocycles. The van der Waals surface area contributed by atoms with E-state index in [1.165, 1.54) is 24.3 Å².